The Hall–Kier alpha value is -0.570. The average Bonchev–Trinajstić information content (AvgIpc) is 3.73. The maximum absolute atomic E-state index is 12.4. The van der Waals surface area contributed by atoms with E-state index < -0.39 is 6.10 Å². The summed E-state index contributed by atoms with van der Waals surface area (Å²) >= 11 is 0. The molecule has 0 aromatic heterocycles. The lowest BCUT2D eigenvalue weighted by molar-refractivity contribution is -0.122. The molecule has 4 atom stereocenters. The Balaban J connectivity index is 1.88. The second-order valence-electron chi connectivity index (χ2n) is 13.8. The van der Waals surface area contributed by atoms with Crippen LogP contribution in [0.5, 0.6) is 0 Å². The van der Waals surface area contributed by atoms with Gasteiger partial charge in [0.15, 0.2) is 0 Å². The van der Waals surface area contributed by atoms with E-state index in [9.17, 15) is 9.90 Å². The van der Waals surface area contributed by atoms with Crippen molar-refractivity contribution in [3.05, 3.63) is 0 Å². The van der Waals surface area contributed by atoms with Crippen LogP contribution in [0.1, 0.15) is 213 Å². The highest BCUT2D eigenvalue weighted by Gasteiger charge is 2.34. The van der Waals surface area contributed by atoms with Gasteiger partial charge in [-0.3, -0.25) is 4.79 Å². The third-order valence-corrected chi connectivity index (χ3v) is 9.83. The van der Waals surface area contributed by atoms with Crippen LogP contribution >= 0.6 is 0 Å². The quantitative estimate of drug-likeness (QED) is 0.0781. The minimum absolute atomic E-state index is 0.0811. The number of carbonyl (C=O) groups excluding carboxylic acids is 1. The van der Waals surface area contributed by atoms with E-state index in [-0.39, 0.29) is 11.9 Å². The van der Waals surface area contributed by atoms with Crippen LogP contribution in [0.15, 0.2) is 0 Å². The lowest BCUT2D eigenvalue weighted by Crippen LogP contribution is -2.42. The predicted octanol–water partition coefficient (Wildman–Crippen LogP) is 11.8. The van der Waals surface area contributed by atoms with Gasteiger partial charge in [0.2, 0.25) is 5.91 Å². The fourth-order valence-corrected chi connectivity index (χ4v) is 6.75. The van der Waals surface area contributed by atoms with Gasteiger partial charge in [0.05, 0.1) is 12.1 Å². The Bertz CT molecular complexity index is 564. The second-order valence-corrected chi connectivity index (χ2v) is 13.8. The first kappa shape index (κ1) is 38.5. The zero-order chi connectivity index (χ0) is 29.8. The van der Waals surface area contributed by atoms with Crippen molar-refractivity contribution in [2.45, 2.75) is 226 Å². The maximum atomic E-state index is 12.4. The number of nitrogens with one attached hydrogen (secondary N) is 1. The molecular weight excluding hydrogens is 502 g/mol. The Morgan fingerprint density at radius 3 is 1.44 bits per heavy atom. The molecular formula is C38H75NO2. The number of aliphatic hydroxyl groups excluding tert-OH is 1. The van der Waals surface area contributed by atoms with E-state index in [1.54, 1.807) is 0 Å². The summed E-state index contributed by atoms with van der Waals surface area (Å²) in [7, 11) is 0. The number of aliphatic hydroxyl groups is 1. The van der Waals surface area contributed by atoms with Gasteiger partial charge in [-0.05, 0) is 37.5 Å². The van der Waals surface area contributed by atoms with Crippen LogP contribution in [-0.2, 0) is 4.79 Å². The standard InChI is InChI=1S/C38H75NO2/c1-4-7-9-11-12-13-14-15-16-17-21-24-28-32-38(41)39-36(6-3)37(40)31-27-23-20-18-19-22-26-30-35-33-34(35)29-25-10-8-5-2/h34-37,40H,4-33H2,1-3H3,(H,39,41). The van der Waals surface area contributed by atoms with Crippen LogP contribution in [0.3, 0.4) is 0 Å². The van der Waals surface area contributed by atoms with E-state index in [1.165, 1.54) is 154 Å². The molecule has 3 nitrogen and oxygen atoms in total. The molecule has 0 bridgehead atoms. The third-order valence-electron chi connectivity index (χ3n) is 9.83. The molecule has 1 rings (SSSR count). The molecule has 1 saturated carbocycles. The summed E-state index contributed by atoms with van der Waals surface area (Å²) in [5.74, 6) is 2.28. The van der Waals surface area contributed by atoms with Crippen molar-refractivity contribution in [1.82, 2.24) is 5.32 Å². The van der Waals surface area contributed by atoms with E-state index in [0.29, 0.717) is 6.42 Å². The monoisotopic (exact) mass is 578 g/mol. The highest BCUT2D eigenvalue weighted by molar-refractivity contribution is 5.76. The second kappa shape index (κ2) is 28.2. The molecule has 41 heavy (non-hydrogen) atoms. The molecule has 1 aliphatic rings. The van der Waals surface area contributed by atoms with Crippen molar-refractivity contribution >= 4 is 5.91 Å². The number of carbonyl (C=O) groups is 1. The largest absolute Gasteiger partial charge is 0.391 e. The minimum Gasteiger partial charge on any atom is -0.391 e. The Labute approximate surface area is 258 Å². The van der Waals surface area contributed by atoms with Gasteiger partial charge in [-0.1, -0.05) is 181 Å². The third kappa shape index (κ3) is 23.6. The van der Waals surface area contributed by atoms with Crippen molar-refractivity contribution in [3.63, 3.8) is 0 Å². The van der Waals surface area contributed by atoms with Gasteiger partial charge in [-0.2, -0.15) is 0 Å². The Kier molecular flexibility index (Phi) is 26.5. The molecule has 244 valence electrons. The van der Waals surface area contributed by atoms with E-state index in [2.05, 4.69) is 26.1 Å². The number of unbranched alkanes of at least 4 members (excludes halogenated alkanes) is 21. The fraction of sp³-hybridized carbons (Fsp3) is 0.974. The van der Waals surface area contributed by atoms with E-state index in [0.717, 1.165) is 43.9 Å². The number of hydrogen-bond donors (Lipinski definition) is 2. The molecule has 4 unspecified atom stereocenters. The molecule has 0 aromatic carbocycles. The highest BCUT2D eigenvalue weighted by atomic mass is 16.3. The van der Waals surface area contributed by atoms with Crippen LogP contribution in [0.25, 0.3) is 0 Å². The molecule has 2 N–H and O–H groups in total. The Morgan fingerprint density at radius 2 is 0.976 bits per heavy atom. The summed E-state index contributed by atoms with van der Waals surface area (Å²) in [5, 5.41) is 13.8. The minimum atomic E-state index is -0.399. The summed E-state index contributed by atoms with van der Waals surface area (Å²) in [5.41, 5.74) is 0. The normalized spacial score (nSPS) is 18.0. The summed E-state index contributed by atoms with van der Waals surface area (Å²) < 4.78 is 0. The maximum Gasteiger partial charge on any atom is 0.220 e. The molecule has 1 aliphatic carbocycles. The van der Waals surface area contributed by atoms with Gasteiger partial charge in [0.25, 0.3) is 0 Å². The molecule has 0 radical (unpaired) electrons. The molecule has 0 heterocycles. The molecule has 0 aromatic rings. The van der Waals surface area contributed by atoms with Crippen LogP contribution in [0, 0.1) is 11.8 Å². The van der Waals surface area contributed by atoms with Crippen molar-refractivity contribution in [2.24, 2.45) is 11.8 Å². The summed E-state index contributed by atoms with van der Waals surface area (Å²) in [6.07, 6.45) is 38.4. The number of hydrogen-bond acceptors (Lipinski definition) is 2. The van der Waals surface area contributed by atoms with Gasteiger partial charge in [0, 0.05) is 6.42 Å². The molecule has 1 fully saturated rings. The summed E-state index contributed by atoms with van der Waals surface area (Å²) in [6, 6.07) is -0.0811. The van der Waals surface area contributed by atoms with Gasteiger partial charge in [-0.25, -0.2) is 0 Å². The van der Waals surface area contributed by atoms with E-state index in [1.807, 2.05) is 0 Å². The first-order valence-electron chi connectivity index (χ1n) is 19.1. The molecule has 0 saturated heterocycles. The number of rotatable bonds is 32. The van der Waals surface area contributed by atoms with E-state index in [4.69, 9.17) is 0 Å². The summed E-state index contributed by atoms with van der Waals surface area (Å²) in [4.78, 5) is 12.4. The smallest absolute Gasteiger partial charge is 0.220 e. The van der Waals surface area contributed by atoms with Gasteiger partial charge in [0.1, 0.15) is 0 Å². The molecule has 3 heteroatoms. The summed E-state index contributed by atoms with van der Waals surface area (Å²) in [6.45, 7) is 6.66. The Morgan fingerprint density at radius 1 is 0.585 bits per heavy atom. The fourth-order valence-electron chi connectivity index (χ4n) is 6.75. The lowest BCUT2D eigenvalue weighted by atomic mass is 10.00. The first-order chi connectivity index (χ1) is 20.1. The van der Waals surface area contributed by atoms with Crippen molar-refractivity contribution < 1.29 is 9.90 Å². The van der Waals surface area contributed by atoms with Gasteiger partial charge < -0.3 is 10.4 Å². The molecule has 0 spiro atoms. The average molecular weight is 578 g/mol. The zero-order valence-electron chi connectivity index (χ0n) is 28.4. The highest BCUT2D eigenvalue weighted by Crippen LogP contribution is 2.45. The molecule has 1 amide bonds. The first-order valence-corrected chi connectivity index (χ1v) is 19.1. The van der Waals surface area contributed by atoms with Crippen LogP contribution in [-0.4, -0.2) is 23.2 Å². The van der Waals surface area contributed by atoms with Crippen LogP contribution in [0.4, 0.5) is 0 Å². The van der Waals surface area contributed by atoms with Crippen molar-refractivity contribution in [1.29, 1.82) is 0 Å². The van der Waals surface area contributed by atoms with Crippen LogP contribution in [0.2, 0.25) is 0 Å². The molecule has 0 aliphatic heterocycles. The van der Waals surface area contributed by atoms with E-state index >= 15 is 0 Å². The topological polar surface area (TPSA) is 49.3 Å². The lowest BCUT2D eigenvalue weighted by Gasteiger charge is -2.23. The van der Waals surface area contributed by atoms with Crippen LogP contribution < -0.4 is 5.32 Å². The van der Waals surface area contributed by atoms with Crippen molar-refractivity contribution in [2.75, 3.05) is 0 Å². The van der Waals surface area contributed by atoms with Gasteiger partial charge in [-0.15, -0.1) is 0 Å². The van der Waals surface area contributed by atoms with Gasteiger partial charge >= 0.3 is 0 Å². The number of amides is 1. The van der Waals surface area contributed by atoms with Crippen molar-refractivity contribution in [3.8, 4) is 0 Å². The predicted molar refractivity (Wildman–Crippen MR) is 180 cm³/mol. The zero-order valence-corrected chi connectivity index (χ0v) is 28.4. The SMILES string of the molecule is CCCCCCCCCCCCCCCC(=O)NC(CC)C(O)CCCCCCCCCC1CC1CCCCCC.